The van der Waals surface area contributed by atoms with Crippen molar-refractivity contribution in [1.82, 2.24) is 14.9 Å². The van der Waals surface area contributed by atoms with Crippen molar-refractivity contribution in [2.45, 2.75) is 51.1 Å². The van der Waals surface area contributed by atoms with Crippen LogP contribution < -0.4 is 5.32 Å². The molecule has 2 unspecified atom stereocenters. The molecular weight excluding hydrogens is 266 g/mol. The van der Waals surface area contributed by atoms with Crippen molar-refractivity contribution in [2.24, 2.45) is 0 Å². The van der Waals surface area contributed by atoms with Gasteiger partial charge in [-0.2, -0.15) is 0 Å². The smallest absolute Gasteiger partial charge is 0.110 e. The first kappa shape index (κ1) is 13.8. The van der Waals surface area contributed by atoms with Crippen molar-refractivity contribution in [3.05, 3.63) is 40.1 Å². The molecule has 0 amide bonds. The van der Waals surface area contributed by atoms with Crippen molar-refractivity contribution in [3.63, 3.8) is 0 Å². The van der Waals surface area contributed by atoms with Gasteiger partial charge in [0.1, 0.15) is 5.82 Å². The average Bonchev–Trinajstić information content (AvgIpc) is 3.12. The monoisotopic (exact) mass is 289 g/mol. The fourth-order valence-corrected chi connectivity index (χ4v) is 4.40. The molecule has 2 aromatic heterocycles. The van der Waals surface area contributed by atoms with Crippen LogP contribution in [0.1, 0.15) is 41.9 Å². The van der Waals surface area contributed by atoms with Gasteiger partial charge >= 0.3 is 0 Å². The van der Waals surface area contributed by atoms with Crippen LogP contribution in [0.25, 0.3) is 0 Å². The fourth-order valence-electron chi connectivity index (χ4n) is 3.40. The second-order valence-electron chi connectivity index (χ2n) is 5.53. The number of hydrogen-bond donors (Lipinski definition) is 1. The molecule has 0 aliphatic heterocycles. The Bertz CT molecular complexity index is 558. The zero-order valence-electron chi connectivity index (χ0n) is 12.3. The Balaban J connectivity index is 1.81. The lowest BCUT2D eigenvalue weighted by Crippen LogP contribution is -2.36. The van der Waals surface area contributed by atoms with Crippen LogP contribution in [0.5, 0.6) is 0 Å². The highest BCUT2D eigenvalue weighted by Gasteiger charge is 2.28. The van der Waals surface area contributed by atoms with Crippen molar-refractivity contribution in [3.8, 4) is 0 Å². The molecule has 1 N–H and O–H groups in total. The average molecular weight is 289 g/mol. The number of fused-ring (bicyclic) bond motifs is 1. The van der Waals surface area contributed by atoms with Crippen LogP contribution in [-0.4, -0.2) is 22.6 Å². The third-order valence-corrected chi connectivity index (χ3v) is 5.50. The van der Waals surface area contributed by atoms with E-state index in [1.165, 1.54) is 25.1 Å². The minimum atomic E-state index is 0.483. The van der Waals surface area contributed by atoms with Gasteiger partial charge in [0.15, 0.2) is 0 Å². The Morgan fingerprint density at radius 2 is 2.45 bits per heavy atom. The highest BCUT2D eigenvalue weighted by atomic mass is 32.1. The van der Waals surface area contributed by atoms with E-state index in [1.54, 1.807) is 10.4 Å². The van der Waals surface area contributed by atoms with Crippen LogP contribution in [-0.2, 0) is 19.4 Å². The summed E-state index contributed by atoms with van der Waals surface area (Å²) in [5.74, 6) is 1.84. The summed E-state index contributed by atoms with van der Waals surface area (Å²) in [5.41, 5.74) is 1.58. The standard InChI is InChI=1S/C16H23N3S/c1-3-19-9-8-18-16(19)11-14(17-2)12-5-4-6-15-13(12)7-10-20-15/h7-10,12,14,17H,3-6,11H2,1-2H3. The van der Waals surface area contributed by atoms with Gasteiger partial charge in [-0.1, -0.05) is 0 Å². The molecule has 1 aliphatic rings. The maximum absolute atomic E-state index is 4.54. The second-order valence-corrected chi connectivity index (χ2v) is 6.53. The predicted octanol–water partition coefficient (Wildman–Crippen LogP) is 3.22. The first-order valence-electron chi connectivity index (χ1n) is 7.57. The van der Waals surface area contributed by atoms with Gasteiger partial charge in [0.05, 0.1) is 0 Å². The highest BCUT2D eigenvalue weighted by molar-refractivity contribution is 7.10. The lowest BCUT2D eigenvalue weighted by molar-refractivity contribution is 0.404. The van der Waals surface area contributed by atoms with E-state index in [0.29, 0.717) is 12.0 Å². The summed E-state index contributed by atoms with van der Waals surface area (Å²) >= 11 is 1.92. The largest absolute Gasteiger partial charge is 0.335 e. The summed E-state index contributed by atoms with van der Waals surface area (Å²) < 4.78 is 2.25. The number of nitrogens with one attached hydrogen (secondary N) is 1. The molecule has 0 saturated heterocycles. The Labute approximate surface area is 125 Å². The molecule has 3 nitrogen and oxygen atoms in total. The number of nitrogens with zero attached hydrogens (tertiary/aromatic N) is 2. The van der Waals surface area contributed by atoms with E-state index >= 15 is 0 Å². The van der Waals surface area contributed by atoms with Crippen LogP contribution in [0, 0.1) is 0 Å². The lowest BCUT2D eigenvalue weighted by Gasteiger charge is -2.30. The Morgan fingerprint density at radius 3 is 3.25 bits per heavy atom. The molecule has 4 heteroatoms. The molecular formula is C16H23N3S. The third kappa shape index (κ3) is 2.54. The summed E-state index contributed by atoms with van der Waals surface area (Å²) in [6.45, 7) is 3.18. The minimum absolute atomic E-state index is 0.483. The molecule has 0 fully saturated rings. The summed E-state index contributed by atoms with van der Waals surface area (Å²) in [6.07, 6.45) is 8.89. The minimum Gasteiger partial charge on any atom is -0.335 e. The number of likely N-dealkylation sites (N-methyl/N-ethyl adjacent to an activating group) is 1. The number of rotatable bonds is 5. The van der Waals surface area contributed by atoms with E-state index in [0.717, 1.165) is 13.0 Å². The molecule has 20 heavy (non-hydrogen) atoms. The molecule has 0 bridgehead atoms. The Kier molecular flexibility index (Phi) is 4.22. The molecule has 108 valence electrons. The summed E-state index contributed by atoms with van der Waals surface area (Å²) in [4.78, 5) is 6.14. The van der Waals surface area contributed by atoms with E-state index in [4.69, 9.17) is 0 Å². The fraction of sp³-hybridized carbons (Fsp3) is 0.562. The number of hydrogen-bond acceptors (Lipinski definition) is 3. The van der Waals surface area contributed by atoms with E-state index in [-0.39, 0.29) is 0 Å². The van der Waals surface area contributed by atoms with Crippen LogP contribution in [0.3, 0.4) is 0 Å². The number of thiophene rings is 1. The summed E-state index contributed by atoms with van der Waals surface area (Å²) in [5, 5.41) is 5.80. The maximum atomic E-state index is 4.54. The molecule has 0 spiro atoms. The van der Waals surface area contributed by atoms with Crippen molar-refractivity contribution < 1.29 is 0 Å². The summed E-state index contributed by atoms with van der Waals surface area (Å²) in [6, 6.07) is 2.82. The first-order valence-corrected chi connectivity index (χ1v) is 8.45. The quantitative estimate of drug-likeness (QED) is 0.916. The predicted molar refractivity (Wildman–Crippen MR) is 84.5 cm³/mol. The molecule has 2 aromatic rings. The second kappa shape index (κ2) is 6.10. The lowest BCUT2D eigenvalue weighted by atomic mass is 9.81. The van der Waals surface area contributed by atoms with Gasteiger partial charge in [-0.15, -0.1) is 11.3 Å². The molecule has 2 atom stereocenters. The van der Waals surface area contributed by atoms with E-state index < -0.39 is 0 Å². The number of aryl methyl sites for hydroxylation is 2. The highest BCUT2D eigenvalue weighted by Crippen LogP contribution is 2.37. The normalized spacial score (nSPS) is 19.8. The van der Waals surface area contributed by atoms with Crippen LogP contribution in [0.2, 0.25) is 0 Å². The first-order chi connectivity index (χ1) is 9.83. The van der Waals surface area contributed by atoms with E-state index in [9.17, 15) is 0 Å². The SMILES string of the molecule is CCn1ccnc1CC(NC)C1CCCc2sccc21. The maximum Gasteiger partial charge on any atom is 0.110 e. The van der Waals surface area contributed by atoms with Gasteiger partial charge in [0, 0.05) is 42.2 Å². The Hall–Kier alpha value is -1.13. The third-order valence-electron chi connectivity index (χ3n) is 4.50. The van der Waals surface area contributed by atoms with Crippen LogP contribution in [0.15, 0.2) is 23.8 Å². The van der Waals surface area contributed by atoms with Gasteiger partial charge in [-0.3, -0.25) is 0 Å². The number of aromatic nitrogens is 2. The zero-order chi connectivity index (χ0) is 13.9. The molecule has 0 radical (unpaired) electrons. The van der Waals surface area contributed by atoms with Crippen LogP contribution >= 0.6 is 11.3 Å². The van der Waals surface area contributed by atoms with Crippen molar-refractivity contribution in [1.29, 1.82) is 0 Å². The Morgan fingerprint density at radius 1 is 1.55 bits per heavy atom. The van der Waals surface area contributed by atoms with E-state index in [2.05, 4.69) is 46.5 Å². The molecule has 1 aliphatic carbocycles. The van der Waals surface area contributed by atoms with Gasteiger partial charge in [-0.25, -0.2) is 4.98 Å². The number of imidazole rings is 1. The van der Waals surface area contributed by atoms with E-state index in [1.807, 2.05) is 17.5 Å². The van der Waals surface area contributed by atoms with Crippen molar-refractivity contribution >= 4 is 11.3 Å². The molecule has 0 saturated carbocycles. The summed E-state index contributed by atoms with van der Waals surface area (Å²) in [7, 11) is 2.09. The van der Waals surface area contributed by atoms with Gasteiger partial charge in [-0.05, 0) is 50.2 Å². The molecule has 2 heterocycles. The molecule has 0 aromatic carbocycles. The van der Waals surface area contributed by atoms with Crippen molar-refractivity contribution in [2.75, 3.05) is 7.05 Å². The van der Waals surface area contributed by atoms with Gasteiger partial charge in [0.25, 0.3) is 0 Å². The zero-order valence-corrected chi connectivity index (χ0v) is 13.1. The topological polar surface area (TPSA) is 29.9 Å². The van der Waals surface area contributed by atoms with Crippen LogP contribution in [0.4, 0.5) is 0 Å². The van der Waals surface area contributed by atoms with Gasteiger partial charge < -0.3 is 9.88 Å². The molecule has 3 rings (SSSR count). The van der Waals surface area contributed by atoms with Gasteiger partial charge in [0.2, 0.25) is 0 Å².